The maximum atomic E-state index is 13.2. The summed E-state index contributed by atoms with van der Waals surface area (Å²) in [6, 6.07) is 22.4. The molecule has 0 fully saturated rings. The number of aryl methyl sites for hydroxylation is 1. The van der Waals surface area contributed by atoms with Crippen LogP contribution in [0.25, 0.3) is 0 Å². The highest BCUT2D eigenvalue weighted by molar-refractivity contribution is 7.86. The van der Waals surface area contributed by atoms with Gasteiger partial charge in [-0.3, -0.25) is 4.18 Å². The molecular formula is C67H114O12SSi4. The summed E-state index contributed by atoms with van der Waals surface area (Å²) in [5, 5.41) is 10.4. The summed E-state index contributed by atoms with van der Waals surface area (Å²) < 4.78 is 82.8. The smallest absolute Gasteiger partial charge is 0.296 e. The molecule has 12 nitrogen and oxygen atoms in total. The van der Waals surface area contributed by atoms with Gasteiger partial charge < -0.3 is 41.8 Å². The second-order valence-corrected chi connectivity index (χ2v) is 49.5. The van der Waals surface area contributed by atoms with Crippen LogP contribution < -0.4 is 9.47 Å². The van der Waals surface area contributed by atoms with Crippen molar-refractivity contribution in [3.8, 4) is 36.2 Å². The van der Waals surface area contributed by atoms with E-state index in [2.05, 4.69) is 147 Å². The fraction of sp³-hybridized carbons (Fsp3) is 0.672. The molecule has 0 saturated heterocycles. The topological polar surface area (TPSA) is 137 Å². The van der Waals surface area contributed by atoms with Gasteiger partial charge in [-0.15, -0.1) is 24.7 Å². The van der Waals surface area contributed by atoms with E-state index in [1.807, 2.05) is 55.5 Å². The Labute approximate surface area is 516 Å². The van der Waals surface area contributed by atoms with Crippen LogP contribution in [0, 0.1) is 43.4 Å². The molecule has 0 spiro atoms. The van der Waals surface area contributed by atoms with Gasteiger partial charge in [0.1, 0.15) is 11.5 Å². The molecule has 3 aromatic rings. The van der Waals surface area contributed by atoms with Gasteiger partial charge in [-0.05, 0) is 153 Å². The van der Waals surface area contributed by atoms with Gasteiger partial charge in [-0.1, -0.05) is 125 Å². The van der Waals surface area contributed by atoms with E-state index < -0.39 is 49.5 Å². The zero-order chi connectivity index (χ0) is 64.2. The second kappa shape index (κ2) is 33.5. The third-order valence-electron chi connectivity index (χ3n) is 18.0. The van der Waals surface area contributed by atoms with Crippen molar-refractivity contribution in [2.75, 3.05) is 40.6 Å². The largest absolute Gasteiger partial charge is 0.497 e. The molecule has 3 aromatic carbocycles. The van der Waals surface area contributed by atoms with Gasteiger partial charge in [-0.25, -0.2) is 0 Å². The van der Waals surface area contributed by atoms with Crippen molar-refractivity contribution in [2.45, 2.75) is 244 Å². The number of hydrogen-bond acceptors (Lipinski definition) is 12. The molecule has 0 saturated carbocycles. The first-order valence-electron chi connectivity index (χ1n) is 30.2. The minimum Gasteiger partial charge on any atom is -0.497 e. The van der Waals surface area contributed by atoms with Gasteiger partial charge in [0.2, 0.25) is 0 Å². The Balaban J connectivity index is 0.000000591. The Hall–Kier alpha value is -3.12. The highest BCUT2D eigenvalue weighted by Gasteiger charge is 2.44. The van der Waals surface area contributed by atoms with Crippen LogP contribution in [0.3, 0.4) is 0 Å². The summed E-state index contributed by atoms with van der Waals surface area (Å²) in [6.45, 7) is 48.6. The van der Waals surface area contributed by atoms with Crippen LogP contribution in [0.1, 0.15) is 138 Å². The molecule has 6 atom stereocenters. The van der Waals surface area contributed by atoms with Crippen molar-refractivity contribution in [1.29, 1.82) is 0 Å². The van der Waals surface area contributed by atoms with Crippen LogP contribution >= 0.6 is 0 Å². The molecule has 0 aromatic heterocycles. The molecule has 84 heavy (non-hydrogen) atoms. The van der Waals surface area contributed by atoms with E-state index >= 15 is 0 Å². The Bertz CT molecular complexity index is 2560. The minimum atomic E-state index is -3.99. The quantitative estimate of drug-likeness (QED) is 0.0353. The third-order valence-corrected chi connectivity index (χ3v) is 37.4. The molecule has 1 N–H and O–H groups in total. The number of benzene rings is 3. The van der Waals surface area contributed by atoms with Crippen molar-refractivity contribution in [2.24, 2.45) is 11.8 Å². The summed E-state index contributed by atoms with van der Waals surface area (Å²) in [5.41, 5.74) is 3.08. The SMILES string of the molecule is C#CC[C@@H](CO)[C@H](C[C@@H](CCO[Si](C)(C)C(C)(C)C)OCc1ccc(OC)cc1)O[Si](C)(C)C(C)(C)C.C#CC[C@@H](COS(=O)(=O)c1ccc(C)cc1)[C@H](C[C@@H](CCO[Si](C)(C)C(C)(C)C)OCc1ccc(OC)cc1)O[Si](C)(C)C(C)(C)C. The predicted molar refractivity (Wildman–Crippen MR) is 357 cm³/mol. The Morgan fingerprint density at radius 3 is 1.19 bits per heavy atom. The lowest BCUT2D eigenvalue weighted by molar-refractivity contribution is -0.0235. The number of terminal acetylenes is 2. The van der Waals surface area contributed by atoms with Crippen molar-refractivity contribution < 1.29 is 54.4 Å². The lowest BCUT2D eigenvalue weighted by Gasteiger charge is -2.42. The van der Waals surface area contributed by atoms with Crippen molar-refractivity contribution in [3.63, 3.8) is 0 Å². The molecule has 3 rings (SSSR count). The van der Waals surface area contributed by atoms with Crippen LogP contribution in [0.15, 0.2) is 77.7 Å². The number of hydrogen-bond donors (Lipinski definition) is 1. The van der Waals surface area contributed by atoms with E-state index in [1.165, 1.54) is 0 Å². The summed E-state index contributed by atoms with van der Waals surface area (Å²) in [6.07, 6.45) is 14.0. The molecule has 0 heterocycles. The molecule has 17 heteroatoms. The predicted octanol–water partition coefficient (Wildman–Crippen LogP) is 16.5. The van der Waals surface area contributed by atoms with E-state index in [0.717, 1.165) is 34.6 Å². The number of rotatable bonds is 33. The van der Waals surface area contributed by atoms with Crippen molar-refractivity contribution in [1.82, 2.24) is 0 Å². The van der Waals surface area contributed by atoms with Crippen LogP contribution in [0.5, 0.6) is 11.5 Å². The van der Waals surface area contributed by atoms with E-state index in [0.29, 0.717) is 58.5 Å². The highest BCUT2D eigenvalue weighted by atomic mass is 32.2. The highest BCUT2D eigenvalue weighted by Crippen LogP contribution is 2.42. The van der Waals surface area contributed by atoms with Gasteiger partial charge in [0.15, 0.2) is 33.3 Å². The number of aliphatic hydroxyl groups is 1. The fourth-order valence-corrected chi connectivity index (χ4v) is 13.8. The van der Waals surface area contributed by atoms with Gasteiger partial charge in [0.05, 0.1) is 63.4 Å². The Kier molecular flexibility index (Phi) is 30.7. The maximum Gasteiger partial charge on any atom is 0.296 e. The molecule has 0 radical (unpaired) electrons. The molecule has 0 aliphatic heterocycles. The summed E-state index contributed by atoms with van der Waals surface area (Å²) >= 11 is 0. The molecule has 0 aliphatic rings. The van der Waals surface area contributed by atoms with Crippen LogP contribution in [-0.2, 0) is 54.7 Å². The molecule has 476 valence electrons. The minimum absolute atomic E-state index is 0.00480. The fourth-order valence-electron chi connectivity index (χ4n) is 7.90. The Morgan fingerprint density at radius 2 is 0.869 bits per heavy atom. The normalized spacial score (nSPS) is 15.4. The average Bonchev–Trinajstić information content (AvgIpc) is 3.40. The van der Waals surface area contributed by atoms with Crippen molar-refractivity contribution >= 4 is 43.4 Å². The average molecular weight is 1260 g/mol. The lowest BCUT2D eigenvalue weighted by Crippen LogP contribution is -2.47. The zero-order valence-corrected chi connectivity index (χ0v) is 61.2. The number of ether oxygens (including phenoxy) is 4. The summed E-state index contributed by atoms with van der Waals surface area (Å²) in [7, 11) is -8.96. The van der Waals surface area contributed by atoms with Gasteiger partial charge in [0.25, 0.3) is 10.1 Å². The Morgan fingerprint density at radius 1 is 0.524 bits per heavy atom. The van der Waals surface area contributed by atoms with E-state index in [-0.39, 0.29) is 68.4 Å². The maximum absolute atomic E-state index is 13.2. The molecule has 0 bridgehead atoms. The molecule has 0 aliphatic carbocycles. The van der Waals surface area contributed by atoms with E-state index in [9.17, 15) is 13.5 Å². The first kappa shape index (κ1) is 77.0. The molecule has 0 amide bonds. The van der Waals surface area contributed by atoms with Gasteiger partial charge >= 0.3 is 0 Å². The lowest BCUT2D eigenvalue weighted by atomic mass is 9.94. The zero-order valence-electron chi connectivity index (χ0n) is 56.4. The standard InChI is InChI=1S/C37H60O7SSi2.C30H54O5Si2/c1-14-15-31(28-42-45(38,39)34-22-16-29(2)17-23-34)35(44-47(12,13)37(6,7)8)26-33(24-25-43-46(10,11)36(3,4)5)41-27-30-18-20-32(40-9)21-19-30;1-13-14-25(22-31)28(35-37(11,12)30(5,6)7)21-27(19-20-34-36(9,10)29(2,3)4)33-23-24-15-17-26(32-8)18-16-24/h1,16-23,31,33,35H,15,24-28H2,2-13H3;1,15-18,25,27-28,31H,14,19-23H2,2-12H3/t31-,33+,35-;25-,27+,28-/m00/s1. The van der Waals surface area contributed by atoms with Gasteiger partial charge in [0, 0.05) is 44.5 Å². The van der Waals surface area contributed by atoms with Gasteiger partial charge in [-0.2, -0.15) is 8.42 Å². The van der Waals surface area contributed by atoms with Crippen LogP contribution in [0.2, 0.25) is 72.5 Å². The summed E-state index contributed by atoms with van der Waals surface area (Å²) in [4.78, 5) is 0.118. The van der Waals surface area contributed by atoms with Crippen molar-refractivity contribution in [3.05, 3.63) is 89.5 Å². The van der Waals surface area contributed by atoms with E-state index in [4.69, 9.17) is 53.7 Å². The molecular weight excluding hydrogens is 1140 g/mol. The summed E-state index contributed by atoms with van der Waals surface area (Å²) in [5.74, 6) is 6.62. The number of aliphatic hydroxyl groups excluding tert-OH is 1. The molecule has 0 unspecified atom stereocenters. The second-order valence-electron chi connectivity index (χ2n) is 28.7. The monoisotopic (exact) mass is 1250 g/mol. The first-order chi connectivity index (χ1) is 38.6. The third kappa shape index (κ3) is 25.5. The van der Waals surface area contributed by atoms with E-state index in [1.54, 1.807) is 38.5 Å². The first-order valence-corrected chi connectivity index (χ1v) is 43.2. The van der Waals surface area contributed by atoms with Crippen LogP contribution in [-0.4, -0.2) is 112 Å². The van der Waals surface area contributed by atoms with Crippen LogP contribution in [0.4, 0.5) is 0 Å². The number of methoxy groups -OCH3 is 2.